The molecule has 0 spiro atoms. The number of unbranched alkanes of at least 4 members (excludes halogenated alkanes) is 1. The van der Waals surface area contributed by atoms with Crippen molar-refractivity contribution in [2.75, 3.05) is 22.4 Å². The van der Waals surface area contributed by atoms with Gasteiger partial charge in [0.15, 0.2) is 0 Å². The lowest BCUT2D eigenvalue weighted by Gasteiger charge is -2.22. The van der Waals surface area contributed by atoms with Gasteiger partial charge in [-0.3, -0.25) is 9.10 Å². The van der Waals surface area contributed by atoms with Crippen LogP contribution < -0.4 is 9.62 Å². The zero-order valence-electron chi connectivity index (χ0n) is 15.5. The summed E-state index contributed by atoms with van der Waals surface area (Å²) >= 11 is 0. The highest BCUT2D eigenvalue weighted by Crippen LogP contribution is 2.18. The van der Waals surface area contributed by atoms with Crippen molar-refractivity contribution in [3.8, 4) is 0 Å². The first-order valence-electron chi connectivity index (χ1n) is 8.73. The van der Waals surface area contributed by atoms with Gasteiger partial charge in [-0.05, 0) is 49.6 Å². The highest BCUT2D eigenvalue weighted by molar-refractivity contribution is 7.92. The zero-order chi connectivity index (χ0) is 19.2. The van der Waals surface area contributed by atoms with Crippen molar-refractivity contribution in [1.29, 1.82) is 0 Å². The van der Waals surface area contributed by atoms with Crippen molar-refractivity contribution in [3.05, 3.63) is 59.7 Å². The Hall–Kier alpha value is -2.34. The summed E-state index contributed by atoms with van der Waals surface area (Å²) in [5.74, 6) is -0.377. The van der Waals surface area contributed by atoms with Gasteiger partial charge in [-0.25, -0.2) is 8.42 Å². The van der Waals surface area contributed by atoms with Crippen molar-refractivity contribution in [3.63, 3.8) is 0 Å². The number of hydrogen-bond acceptors (Lipinski definition) is 3. The summed E-state index contributed by atoms with van der Waals surface area (Å²) in [6.45, 7) is 3.81. The molecular weight excluding hydrogens is 348 g/mol. The van der Waals surface area contributed by atoms with Gasteiger partial charge in [0.25, 0.3) is 0 Å². The van der Waals surface area contributed by atoms with Crippen molar-refractivity contribution in [2.24, 2.45) is 0 Å². The van der Waals surface area contributed by atoms with Gasteiger partial charge in [0, 0.05) is 5.69 Å². The summed E-state index contributed by atoms with van der Waals surface area (Å²) in [6.07, 6.45) is 4.38. The number of amides is 1. The molecule has 2 rings (SSSR count). The third-order valence-corrected chi connectivity index (χ3v) is 5.21. The number of carbonyl (C=O) groups is 1. The van der Waals surface area contributed by atoms with Gasteiger partial charge in [0.2, 0.25) is 15.9 Å². The van der Waals surface area contributed by atoms with Crippen LogP contribution in [0.5, 0.6) is 0 Å². The number of rotatable bonds is 8. The summed E-state index contributed by atoms with van der Waals surface area (Å²) in [7, 11) is -3.56. The van der Waals surface area contributed by atoms with Gasteiger partial charge >= 0.3 is 0 Å². The molecule has 0 aromatic heterocycles. The maximum Gasteiger partial charge on any atom is 0.245 e. The highest BCUT2D eigenvalue weighted by Gasteiger charge is 2.20. The van der Waals surface area contributed by atoms with Crippen molar-refractivity contribution >= 4 is 27.3 Å². The number of nitrogens with zero attached hydrogens (tertiary/aromatic N) is 1. The molecule has 2 aromatic carbocycles. The second kappa shape index (κ2) is 8.85. The molecule has 0 atom stereocenters. The Labute approximate surface area is 156 Å². The largest absolute Gasteiger partial charge is 0.325 e. The molecule has 0 heterocycles. The molecule has 140 valence electrons. The Balaban J connectivity index is 2.06. The summed E-state index contributed by atoms with van der Waals surface area (Å²) < 4.78 is 25.3. The van der Waals surface area contributed by atoms with Crippen molar-refractivity contribution in [2.45, 2.75) is 33.1 Å². The minimum atomic E-state index is -3.56. The van der Waals surface area contributed by atoms with Gasteiger partial charge < -0.3 is 5.32 Å². The third-order valence-electron chi connectivity index (χ3n) is 4.07. The van der Waals surface area contributed by atoms with Crippen LogP contribution in [0.4, 0.5) is 11.4 Å². The molecule has 0 bridgehead atoms. The fraction of sp³-hybridized carbons (Fsp3) is 0.350. The lowest BCUT2D eigenvalue weighted by atomic mass is 10.1. The van der Waals surface area contributed by atoms with Crippen LogP contribution in [-0.4, -0.2) is 27.1 Å². The van der Waals surface area contributed by atoms with E-state index in [1.807, 2.05) is 43.3 Å². The first kappa shape index (κ1) is 20.0. The second-order valence-corrected chi connectivity index (χ2v) is 8.36. The summed E-state index contributed by atoms with van der Waals surface area (Å²) in [5.41, 5.74) is 3.38. The number of benzene rings is 2. The molecule has 0 aliphatic rings. The number of hydrogen-bond donors (Lipinski definition) is 1. The van der Waals surface area contributed by atoms with E-state index in [9.17, 15) is 13.2 Å². The fourth-order valence-corrected chi connectivity index (χ4v) is 3.43. The van der Waals surface area contributed by atoms with E-state index in [0.717, 1.165) is 35.4 Å². The Morgan fingerprint density at radius 1 is 1.04 bits per heavy atom. The monoisotopic (exact) mass is 374 g/mol. The Morgan fingerprint density at radius 3 is 2.19 bits per heavy atom. The molecule has 0 aliphatic heterocycles. The number of carbonyl (C=O) groups excluding carboxylic acids is 1. The summed E-state index contributed by atoms with van der Waals surface area (Å²) in [5, 5.41) is 2.76. The Bertz CT molecular complexity index is 828. The summed E-state index contributed by atoms with van der Waals surface area (Å²) in [6, 6.07) is 14.7. The van der Waals surface area contributed by atoms with E-state index in [1.54, 1.807) is 12.1 Å². The molecule has 0 aliphatic carbocycles. The minimum Gasteiger partial charge on any atom is -0.325 e. The van der Waals surface area contributed by atoms with E-state index in [4.69, 9.17) is 0 Å². The molecule has 26 heavy (non-hydrogen) atoms. The molecule has 2 aromatic rings. The molecule has 0 radical (unpaired) electrons. The second-order valence-electron chi connectivity index (χ2n) is 6.45. The number of aryl methyl sites for hydroxylation is 2. The highest BCUT2D eigenvalue weighted by atomic mass is 32.2. The standard InChI is InChI=1S/C20H26N2O3S/c1-4-5-6-17-9-11-18(12-10-17)21-20(23)15-22(26(3,24)25)19-13-7-16(2)8-14-19/h7-14H,4-6,15H2,1-3H3,(H,21,23). The topological polar surface area (TPSA) is 66.5 Å². The quantitative estimate of drug-likeness (QED) is 0.765. The molecule has 1 amide bonds. The maximum absolute atomic E-state index is 12.3. The van der Waals surface area contributed by atoms with Gasteiger partial charge in [-0.2, -0.15) is 0 Å². The van der Waals surface area contributed by atoms with Gasteiger partial charge in [0.05, 0.1) is 11.9 Å². The predicted molar refractivity (Wildman–Crippen MR) is 107 cm³/mol. The third kappa shape index (κ3) is 5.88. The molecule has 6 heteroatoms. The number of anilines is 2. The molecule has 0 saturated carbocycles. The fourth-order valence-electron chi connectivity index (χ4n) is 2.58. The van der Waals surface area contributed by atoms with Gasteiger partial charge in [0.1, 0.15) is 6.54 Å². The average Bonchev–Trinajstić information content (AvgIpc) is 2.59. The maximum atomic E-state index is 12.3. The lowest BCUT2D eigenvalue weighted by molar-refractivity contribution is -0.114. The van der Waals surface area contributed by atoms with Crippen molar-refractivity contribution in [1.82, 2.24) is 0 Å². The SMILES string of the molecule is CCCCc1ccc(NC(=O)CN(c2ccc(C)cc2)S(C)(=O)=O)cc1. The van der Waals surface area contributed by atoms with E-state index in [-0.39, 0.29) is 12.5 Å². The van der Waals surface area contributed by atoms with E-state index >= 15 is 0 Å². The van der Waals surface area contributed by atoms with E-state index < -0.39 is 10.0 Å². The van der Waals surface area contributed by atoms with Crippen LogP contribution in [0.15, 0.2) is 48.5 Å². The smallest absolute Gasteiger partial charge is 0.245 e. The Morgan fingerprint density at radius 2 is 1.65 bits per heavy atom. The van der Waals surface area contributed by atoms with Crippen LogP contribution in [0.1, 0.15) is 30.9 Å². The van der Waals surface area contributed by atoms with Crippen LogP contribution in [0.25, 0.3) is 0 Å². The van der Waals surface area contributed by atoms with Crippen LogP contribution in [0, 0.1) is 6.92 Å². The molecular formula is C20H26N2O3S. The number of nitrogens with one attached hydrogen (secondary N) is 1. The van der Waals surface area contributed by atoms with Crippen LogP contribution in [0.3, 0.4) is 0 Å². The molecule has 5 nitrogen and oxygen atoms in total. The first-order chi connectivity index (χ1) is 12.3. The van der Waals surface area contributed by atoms with Gasteiger partial charge in [-0.1, -0.05) is 43.2 Å². The lowest BCUT2D eigenvalue weighted by Crippen LogP contribution is -2.37. The average molecular weight is 375 g/mol. The Kier molecular flexibility index (Phi) is 6.80. The molecule has 0 saturated heterocycles. The summed E-state index contributed by atoms with van der Waals surface area (Å²) in [4.78, 5) is 12.3. The van der Waals surface area contributed by atoms with Crippen molar-refractivity contribution < 1.29 is 13.2 Å². The molecule has 0 unspecified atom stereocenters. The minimum absolute atomic E-state index is 0.264. The molecule has 1 N–H and O–H groups in total. The van der Waals surface area contributed by atoms with E-state index in [0.29, 0.717) is 11.4 Å². The van der Waals surface area contributed by atoms with Gasteiger partial charge in [-0.15, -0.1) is 0 Å². The van der Waals surface area contributed by atoms with E-state index in [2.05, 4.69) is 12.2 Å². The molecule has 0 fully saturated rings. The normalized spacial score (nSPS) is 11.2. The van der Waals surface area contributed by atoms with Crippen LogP contribution in [-0.2, 0) is 21.2 Å². The van der Waals surface area contributed by atoms with E-state index in [1.165, 1.54) is 5.56 Å². The first-order valence-corrected chi connectivity index (χ1v) is 10.6. The van der Waals surface area contributed by atoms with Crippen LogP contribution >= 0.6 is 0 Å². The number of sulfonamides is 1. The zero-order valence-corrected chi connectivity index (χ0v) is 16.3. The van der Waals surface area contributed by atoms with Crippen LogP contribution in [0.2, 0.25) is 0 Å². The predicted octanol–water partition coefficient (Wildman–Crippen LogP) is 3.74.